The van der Waals surface area contributed by atoms with Gasteiger partial charge in [-0.15, -0.1) is 0 Å². The Morgan fingerprint density at radius 2 is 1.58 bits per heavy atom. The Morgan fingerprint density at radius 1 is 1.17 bits per heavy atom. The maximum absolute atomic E-state index is 5.03. The van der Waals surface area contributed by atoms with Gasteiger partial charge in [-0.25, -0.2) is 0 Å². The van der Waals surface area contributed by atoms with Crippen LogP contribution in [0.4, 0.5) is 0 Å². The summed E-state index contributed by atoms with van der Waals surface area (Å²) in [7, 11) is 0. The van der Waals surface area contributed by atoms with Gasteiger partial charge in [-0.05, 0) is 13.8 Å². The van der Waals surface area contributed by atoms with Crippen LogP contribution in [-0.2, 0) is 14.2 Å². The molecule has 0 aromatic heterocycles. The van der Waals surface area contributed by atoms with Crippen LogP contribution in [0, 0.1) is 0 Å². The summed E-state index contributed by atoms with van der Waals surface area (Å²) in [6.07, 6.45) is 1.23. The molecule has 0 unspecified atom stereocenters. The van der Waals surface area contributed by atoms with E-state index in [1.165, 1.54) is 6.26 Å². The predicted octanol–water partition coefficient (Wildman–Crippen LogP) is 2.53. The highest BCUT2D eigenvalue weighted by molar-refractivity contribution is 4.77. The van der Waals surface area contributed by atoms with Crippen molar-refractivity contribution in [3.8, 4) is 0 Å². The molecular formula is C9H14O3. The van der Waals surface area contributed by atoms with Gasteiger partial charge in [0.15, 0.2) is 0 Å². The average Bonchev–Trinajstić information content (AvgIpc) is 1.84. The number of allylic oxidation sites excluding steroid dienone is 2. The maximum atomic E-state index is 5.03. The van der Waals surface area contributed by atoms with Gasteiger partial charge >= 0.3 is 6.48 Å². The first-order valence-electron chi connectivity index (χ1n) is 3.47. The van der Waals surface area contributed by atoms with Crippen LogP contribution in [0.1, 0.15) is 13.8 Å². The molecule has 0 aromatic rings. The molecule has 0 radical (unpaired) electrons. The van der Waals surface area contributed by atoms with Crippen molar-refractivity contribution in [2.24, 2.45) is 0 Å². The molecule has 0 spiro atoms. The molecule has 0 aromatic carbocycles. The highest BCUT2D eigenvalue weighted by Gasteiger charge is 2.09. The van der Waals surface area contributed by atoms with E-state index < -0.39 is 6.48 Å². The lowest BCUT2D eigenvalue weighted by Gasteiger charge is -2.18. The van der Waals surface area contributed by atoms with Gasteiger partial charge in [0.05, 0.1) is 17.8 Å². The van der Waals surface area contributed by atoms with Crippen LogP contribution >= 0.6 is 0 Å². The molecule has 0 fully saturated rings. The third-order valence-corrected chi connectivity index (χ3v) is 0.802. The van der Waals surface area contributed by atoms with E-state index in [9.17, 15) is 0 Å². The normalized spacial score (nSPS) is 8.92. The molecule has 0 rings (SSSR count). The minimum atomic E-state index is -0.836. The van der Waals surface area contributed by atoms with Gasteiger partial charge in [0, 0.05) is 0 Å². The third kappa shape index (κ3) is 5.41. The van der Waals surface area contributed by atoms with Gasteiger partial charge in [-0.1, -0.05) is 19.7 Å². The quantitative estimate of drug-likeness (QED) is 0.453. The Kier molecular flexibility index (Phi) is 4.69. The molecule has 0 saturated carbocycles. The fourth-order valence-electron chi connectivity index (χ4n) is 0.487. The van der Waals surface area contributed by atoms with Crippen molar-refractivity contribution in [3.63, 3.8) is 0 Å². The summed E-state index contributed by atoms with van der Waals surface area (Å²) in [6, 6.07) is 0. The smallest absolute Gasteiger partial charge is 0.405 e. The minimum absolute atomic E-state index is 0.503. The highest BCUT2D eigenvalue weighted by Crippen LogP contribution is 2.07. The zero-order chi connectivity index (χ0) is 9.56. The summed E-state index contributed by atoms with van der Waals surface area (Å²) >= 11 is 0. The lowest BCUT2D eigenvalue weighted by atomic mass is 10.6. The molecule has 0 atom stereocenters. The first kappa shape index (κ1) is 10.6. The van der Waals surface area contributed by atoms with Gasteiger partial charge in [0.2, 0.25) is 0 Å². The van der Waals surface area contributed by atoms with Gasteiger partial charge in [0.1, 0.15) is 0 Å². The van der Waals surface area contributed by atoms with E-state index in [1.54, 1.807) is 13.8 Å². The van der Waals surface area contributed by atoms with Crippen molar-refractivity contribution in [1.82, 2.24) is 0 Å². The van der Waals surface area contributed by atoms with Crippen LogP contribution in [0.25, 0.3) is 0 Å². The summed E-state index contributed by atoms with van der Waals surface area (Å²) in [4.78, 5) is 0. The summed E-state index contributed by atoms with van der Waals surface area (Å²) < 4.78 is 14.9. The molecule has 0 bridgehead atoms. The summed E-state index contributed by atoms with van der Waals surface area (Å²) in [6.45, 7) is 13.0. The number of rotatable bonds is 6. The maximum Gasteiger partial charge on any atom is 0.405 e. The Balaban J connectivity index is 3.93. The zero-order valence-corrected chi connectivity index (χ0v) is 7.50. The van der Waals surface area contributed by atoms with E-state index >= 15 is 0 Å². The topological polar surface area (TPSA) is 27.7 Å². The number of ether oxygens (including phenoxy) is 3. The van der Waals surface area contributed by atoms with Gasteiger partial charge in [-0.2, -0.15) is 0 Å². The monoisotopic (exact) mass is 170 g/mol. The fourth-order valence-corrected chi connectivity index (χ4v) is 0.487. The summed E-state index contributed by atoms with van der Waals surface area (Å²) in [5.74, 6) is 1.01. The Morgan fingerprint density at radius 3 is 1.83 bits per heavy atom. The predicted molar refractivity (Wildman–Crippen MR) is 46.9 cm³/mol. The molecule has 0 N–H and O–H groups in total. The summed E-state index contributed by atoms with van der Waals surface area (Å²) in [5.41, 5.74) is 0. The van der Waals surface area contributed by atoms with Crippen LogP contribution in [-0.4, -0.2) is 6.48 Å². The zero-order valence-electron chi connectivity index (χ0n) is 7.50. The van der Waals surface area contributed by atoms with Crippen LogP contribution in [0.2, 0.25) is 0 Å². The molecule has 0 amide bonds. The van der Waals surface area contributed by atoms with Crippen LogP contribution in [0.15, 0.2) is 37.5 Å². The molecule has 0 heterocycles. The molecule has 0 aliphatic heterocycles. The Bertz CT molecular complexity index is 168. The SMILES string of the molecule is C=COC(OC(=C)C)OC(=C)C. The lowest BCUT2D eigenvalue weighted by molar-refractivity contribution is -0.226. The second kappa shape index (κ2) is 5.29. The number of hydrogen-bond acceptors (Lipinski definition) is 3. The van der Waals surface area contributed by atoms with E-state index in [2.05, 4.69) is 19.7 Å². The van der Waals surface area contributed by atoms with Crippen LogP contribution in [0.5, 0.6) is 0 Å². The molecule has 12 heavy (non-hydrogen) atoms. The van der Waals surface area contributed by atoms with Crippen LogP contribution < -0.4 is 0 Å². The van der Waals surface area contributed by atoms with E-state index in [0.717, 1.165) is 0 Å². The van der Waals surface area contributed by atoms with E-state index in [1.807, 2.05) is 0 Å². The van der Waals surface area contributed by atoms with Crippen molar-refractivity contribution in [2.45, 2.75) is 20.3 Å². The minimum Gasteiger partial charge on any atom is -0.431 e. The van der Waals surface area contributed by atoms with Crippen molar-refractivity contribution >= 4 is 0 Å². The average molecular weight is 170 g/mol. The third-order valence-electron chi connectivity index (χ3n) is 0.802. The summed E-state index contributed by atoms with van der Waals surface area (Å²) in [5, 5.41) is 0. The first-order chi connectivity index (χ1) is 5.56. The van der Waals surface area contributed by atoms with Crippen LogP contribution in [0.3, 0.4) is 0 Å². The van der Waals surface area contributed by atoms with E-state index in [-0.39, 0.29) is 0 Å². The first-order valence-corrected chi connectivity index (χ1v) is 3.47. The van der Waals surface area contributed by atoms with Gasteiger partial charge < -0.3 is 14.2 Å². The number of hydrogen-bond donors (Lipinski definition) is 0. The van der Waals surface area contributed by atoms with Crippen molar-refractivity contribution in [2.75, 3.05) is 0 Å². The van der Waals surface area contributed by atoms with Crippen molar-refractivity contribution in [3.05, 3.63) is 37.5 Å². The second-order valence-electron chi connectivity index (χ2n) is 2.23. The molecule has 0 aliphatic carbocycles. The van der Waals surface area contributed by atoms with Gasteiger partial charge in [-0.3, -0.25) is 0 Å². The van der Waals surface area contributed by atoms with Gasteiger partial charge in [0.25, 0.3) is 0 Å². The molecule has 68 valence electrons. The lowest BCUT2D eigenvalue weighted by Crippen LogP contribution is -2.16. The molecular weight excluding hydrogens is 156 g/mol. The largest absolute Gasteiger partial charge is 0.431 e. The second-order valence-corrected chi connectivity index (χ2v) is 2.23. The Labute approximate surface area is 72.9 Å². The molecule has 0 saturated heterocycles. The van der Waals surface area contributed by atoms with E-state index in [4.69, 9.17) is 14.2 Å². The van der Waals surface area contributed by atoms with Crippen molar-refractivity contribution in [1.29, 1.82) is 0 Å². The molecule has 3 heteroatoms. The molecule has 0 aliphatic rings. The standard InChI is InChI=1S/C9H14O3/c1-6-10-9(11-7(2)3)12-8(4)5/h6,9H,1-2,4H2,3,5H3. The fraction of sp³-hybridized carbons (Fsp3) is 0.333. The van der Waals surface area contributed by atoms with Crippen molar-refractivity contribution < 1.29 is 14.2 Å². The van der Waals surface area contributed by atoms with E-state index in [0.29, 0.717) is 11.5 Å². The Hall–Kier alpha value is -1.38. The highest BCUT2D eigenvalue weighted by atomic mass is 16.8. The molecule has 3 nitrogen and oxygen atoms in total.